The van der Waals surface area contributed by atoms with Gasteiger partial charge in [-0.25, -0.2) is 9.37 Å². The Kier molecular flexibility index (Phi) is 5.19. The number of carbonyl (C=O) groups is 1. The summed E-state index contributed by atoms with van der Waals surface area (Å²) in [4.78, 5) is 17.8. The van der Waals surface area contributed by atoms with Crippen LogP contribution in [0.3, 0.4) is 0 Å². The van der Waals surface area contributed by atoms with E-state index in [0.717, 1.165) is 23.4 Å². The highest BCUT2D eigenvalue weighted by atomic mass is 127. The third-order valence-corrected chi connectivity index (χ3v) is 6.96. The van der Waals surface area contributed by atoms with E-state index in [4.69, 9.17) is 4.74 Å². The lowest BCUT2D eigenvalue weighted by Gasteiger charge is -2.45. The molecule has 6 heteroatoms. The van der Waals surface area contributed by atoms with Crippen molar-refractivity contribution in [2.45, 2.75) is 59.0 Å². The number of halogens is 2. The van der Waals surface area contributed by atoms with E-state index in [1.165, 1.54) is 6.20 Å². The lowest BCUT2D eigenvalue weighted by molar-refractivity contribution is -0.118. The van der Waals surface area contributed by atoms with Gasteiger partial charge in [0, 0.05) is 23.3 Å². The van der Waals surface area contributed by atoms with Crippen molar-refractivity contribution < 1.29 is 13.9 Å². The zero-order valence-electron chi connectivity index (χ0n) is 17.9. The van der Waals surface area contributed by atoms with Crippen molar-refractivity contribution in [2.24, 2.45) is 5.41 Å². The molecule has 158 valence electrons. The van der Waals surface area contributed by atoms with Crippen molar-refractivity contribution in [3.8, 4) is 5.75 Å². The fraction of sp³-hybridized carbons (Fsp3) is 0.417. The molecule has 30 heavy (non-hydrogen) atoms. The SMILES string of the molecule is CC(C)Oc1cccc(C2(C)C3=C(CC(C)(C)CC3=O)Nc3ncc(F)c(I)c32)c1. The molecule has 2 aliphatic rings. The monoisotopic (exact) mass is 520 g/mol. The normalized spacial score (nSPS) is 22.5. The van der Waals surface area contributed by atoms with Crippen molar-refractivity contribution in [1.29, 1.82) is 0 Å². The molecule has 1 aliphatic heterocycles. The Balaban J connectivity index is 2.01. The Hall–Kier alpha value is -1.96. The maximum absolute atomic E-state index is 14.6. The molecule has 1 atom stereocenters. The second-order valence-corrected chi connectivity index (χ2v) is 10.5. The summed E-state index contributed by atoms with van der Waals surface area (Å²) >= 11 is 2.03. The molecule has 0 fully saturated rings. The van der Waals surface area contributed by atoms with Crippen LogP contribution in [0.15, 0.2) is 41.7 Å². The summed E-state index contributed by atoms with van der Waals surface area (Å²) in [5.74, 6) is 1.05. The molecule has 1 aliphatic carbocycles. The molecule has 4 nitrogen and oxygen atoms in total. The van der Waals surface area contributed by atoms with Crippen LogP contribution in [0.5, 0.6) is 5.75 Å². The summed E-state index contributed by atoms with van der Waals surface area (Å²) < 4.78 is 21.0. The Bertz CT molecular complexity index is 1080. The first-order valence-corrected chi connectivity index (χ1v) is 11.3. The number of nitrogens with zero attached hydrogens (tertiary/aromatic N) is 1. The molecule has 1 aromatic carbocycles. The third kappa shape index (κ3) is 3.43. The molecular weight excluding hydrogens is 494 g/mol. The number of hydrogen-bond acceptors (Lipinski definition) is 4. The molecule has 0 saturated carbocycles. The van der Waals surface area contributed by atoms with Crippen LogP contribution in [0.4, 0.5) is 10.2 Å². The number of ether oxygens (including phenoxy) is 1. The van der Waals surface area contributed by atoms with E-state index in [1.54, 1.807) is 0 Å². The molecule has 1 N–H and O–H groups in total. The molecular formula is C24H26FIN2O2. The van der Waals surface area contributed by atoms with Gasteiger partial charge in [-0.05, 0) is 72.9 Å². The molecule has 4 rings (SSSR count). The lowest BCUT2D eigenvalue weighted by atomic mass is 9.62. The van der Waals surface area contributed by atoms with Crippen LogP contribution in [0, 0.1) is 14.8 Å². The van der Waals surface area contributed by atoms with Gasteiger partial charge in [-0.2, -0.15) is 0 Å². The van der Waals surface area contributed by atoms with Crippen molar-refractivity contribution in [3.63, 3.8) is 0 Å². The second-order valence-electron chi connectivity index (χ2n) is 9.38. The highest BCUT2D eigenvalue weighted by molar-refractivity contribution is 14.1. The number of benzene rings is 1. The standard InChI is InChI=1S/C24H26FIN2O2/c1-13(2)30-15-8-6-7-14(9-15)24(5)19-17(10-23(3,4)11-18(19)29)28-22-20(24)21(26)16(25)12-27-22/h6-9,12-13H,10-11H2,1-5H3,(H,27,28). The number of fused-ring (bicyclic) bond motifs is 1. The minimum atomic E-state index is -0.828. The summed E-state index contributed by atoms with van der Waals surface area (Å²) in [5, 5.41) is 3.37. The molecule has 1 unspecified atom stereocenters. The van der Waals surface area contributed by atoms with Gasteiger partial charge in [0.15, 0.2) is 11.6 Å². The van der Waals surface area contributed by atoms with Crippen LogP contribution in [0.1, 0.15) is 58.6 Å². The molecule has 1 aromatic heterocycles. The number of nitrogens with one attached hydrogen (secondary N) is 1. The van der Waals surface area contributed by atoms with Gasteiger partial charge in [-0.3, -0.25) is 4.79 Å². The van der Waals surface area contributed by atoms with Crippen LogP contribution in [0.2, 0.25) is 0 Å². The summed E-state index contributed by atoms with van der Waals surface area (Å²) in [7, 11) is 0. The van der Waals surface area contributed by atoms with Gasteiger partial charge in [0.2, 0.25) is 0 Å². The molecule has 2 heterocycles. The highest BCUT2D eigenvalue weighted by Crippen LogP contribution is 2.53. The predicted octanol–water partition coefficient (Wildman–Crippen LogP) is 5.99. The topological polar surface area (TPSA) is 51.2 Å². The molecule has 0 saturated heterocycles. The largest absolute Gasteiger partial charge is 0.491 e. The first-order valence-electron chi connectivity index (χ1n) is 10.2. The number of ketones is 1. The Morgan fingerprint density at radius 3 is 2.67 bits per heavy atom. The van der Waals surface area contributed by atoms with Crippen LogP contribution in [-0.2, 0) is 10.2 Å². The van der Waals surface area contributed by atoms with Crippen molar-refractivity contribution in [1.82, 2.24) is 4.98 Å². The first kappa shape index (κ1) is 21.3. The zero-order valence-corrected chi connectivity index (χ0v) is 20.1. The summed E-state index contributed by atoms with van der Waals surface area (Å²) in [6.07, 6.45) is 2.47. The van der Waals surface area contributed by atoms with Gasteiger partial charge in [0.1, 0.15) is 11.6 Å². The fourth-order valence-corrected chi connectivity index (χ4v) is 5.67. The zero-order chi connectivity index (χ0) is 21.8. The second kappa shape index (κ2) is 7.32. The van der Waals surface area contributed by atoms with Gasteiger partial charge in [-0.1, -0.05) is 26.0 Å². The van der Waals surface area contributed by atoms with Gasteiger partial charge in [0.25, 0.3) is 0 Å². The number of pyridine rings is 1. The maximum Gasteiger partial charge on any atom is 0.162 e. The van der Waals surface area contributed by atoms with E-state index in [0.29, 0.717) is 26.9 Å². The predicted molar refractivity (Wildman–Crippen MR) is 124 cm³/mol. The number of carbonyl (C=O) groups excluding carboxylic acids is 1. The minimum absolute atomic E-state index is 0.0273. The Morgan fingerprint density at radius 1 is 1.23 bits per heavy atom. The van der Waals surface area contributed by atoms with Crippen LogP contribution < -0.4 is 10.1 Å². The lowest BCUT2D eigenvalue weighted by Crippen LogP contribution is -2.43. The van der Waals surface area contributed by atoms with Crippen molar-refractivity contribution >= 4 is 34.2 Å². The van der Waals surface area contributed by atoms with Gasteiger partial charge >= 0.3 is 0 Å². The molecule has 2 aromatic rings. The highest BCUT2D eigenvalue weighted by Gasteiger charge is 2.49. The molecule has 0 spiro atoms. The molecule has 0 bridgehead atoms. The van der Waals surface area contributed by atoms with Gasteiger partial charge in [0.05, 0.1) is 21.3 Å². The average molecular weight is 520 g/mol. The molecule has 0 amide bonds. The van der Waals surface area contributed by atoms with Crippen molar-refractivity contribution in [3.05, 3.63) is 62.2 Å². The first-order chi connectivity index (χ1) is 14.0. The fourth-order valence-electron chi connectivity index (χ4n) is 4.73. The average Bonchev–Trinajstić information content (AvgIpc) is 2.62. The van der Waals surface area contributed by atoms with Crippen molar-refractivity contribution in [2.75, 3.05) is 5.32 Å². The maximum atomic E-state index is 14.6. The number of allylic oxidation sites excluding steroid dienone is 2. The van der Waals surface area contributed by atoms with E-state index < -0.39 is 5.41 Å². The molecule has 0 radical (unpaired) electrons. The minimum Gasteiger partial charge on any atom is -0.491 e. The third-order valence-electron chi connectivity index (χ3n) is 5.90. The van der Waals surface area contributed by atoms with E-state index in [1.807, 2.05) is 67.6 Å². The Labute approximate surface area is 190 Å². The smallest absolute Gasteiger partial charge is 0.162 e. The van der Waals surface area contributed by atoms with E-state index in [2.05, 4.69) is 24.1 Å². The van der Waals surface area contributed by atoms with Crippen LogP contribution in [-0.4, -0.2) is 16.9 Å². The van der Waals surface area contributed by atoms with E-state index in [9.17, 15) is 9.18 Å². The summed E-state index contributed by atoms with van der Waals surface area (Å²) in [6, 6.07) is 7.79. The summed E-state index contributed by atoms with van der Waals surface area (Å²) in [5.41, 5.74) is 2.23. The van der Waals surface area contributed by atoms with Gasteiger partial charge in [-0.15, -0.1) is 0 Å². The Morgan fingerprint density at radius 2 is 1.97 bits per heavy atom. The van der Waals surface area contributed by atoms with E-state index >= 15 is 0 Å². The van der Waals surface area contributed by atoms with E-state index in [-0.39, 0.29) is 23.1 Å². The van der Waals surface area contributed by atoms with Crippen LogP contribution in [0.25, 0.3) is 0 Å². The van der Waals surface area contributed by atoms with Gasteiger partial charge < -0.3 is 10.1 Å². The number of anilines is 1. The number of aromatic nitrogens is 1. The quantitative estimate of drug-likeness (QED) is 0.506. The number of hydrogen-bond donors (Lipinski definition) is 1. The number of rotatable bonds is 3. The van der Waals surface area contributed by atoms with Crippen LogP contribution >= 0.6 is 22.6 Å². The summed E-state index contributed by atoms with van der Waals surface area (Å²) in [6.45, 7) is 10.2. The number of Topliss-reactive ketones (excluding diaryl/α,β-unsaturated/α-hetero) is 1.